The first kappa shape index (κ1) is 19.4. The summed E-state index contributed by atoms with van der Waals surface area (Å²) in [4.78, 5) is 12.3. The third kappa shape index (κ3) is 3.16. The van der Waals surface area contributed by atoms with Crippen LogP contribution in [0.5, 0.6) is 0 Å². The number of pyridine rings is 1. The molecule has 1 saturated heterocycles. The molecule has 0 aliphatic carbocycles. The van der Waals surface area contributed by atoms with Gasteiger partial charge < -0.3 is 9.47 Å². The fourth-order valence-electron chi connectivity index (χ4n) is 5.02. The summed E-state index contributed by atoms with van der Waals surface area (Å²) < 4.78 is 2.40. The highest BCUT2D eigenvalue weighted by atomic mass is 32.2. The van der Waals surface area contributed by atoms with Gasteiger partial charge in [0.2, 0.25) is 0 Å². The van der Waals surface area contributed by atoms with E-state index in [0.717, 1.165) is 12.2 Å². The van der Waals surface area contributed by atoms with Crippen molar-refractivity contribution >= 4 is 16.9 Å². The molecule has 0 unspecified atom stereocenters. The Bertz CT molecular complexity index is 1110. The van der Waals surface area contributed by atoms with E-state index in [1.165, 1.54) is 38.9 Å². The normalized spacial score (nSPS) is 23.0. The van der Waals surface area contributed by atoms with Crippen LogP contribution in [0.1, 0.15) is 52.8 Å². The van der Waals surface area contributed by atoms with Crippen molar-refractivity contribution in [2.24, 2.45) is 4.99 Å². The number of hydrogen-bond acceptors (Lipinski definition) is 4. The van der Waals surface area contributed by atoms with Crippen LogP contribution in [0.25, 0.3) is 5.69 Å². The minimum Gasteiger partial charge on any atom is -0.341 e. The molecule has 1 aromatic carbocycles. The first-order valence-corrected chi connectivity index (χ1v) is 11.5. The molecule has 0 bridgehead atoms. The smallest absolute Gasteiger partial charge is 0.160 e. The lowest BCUT2D eigenvalue weighted by atomic mass is 9.96. The molecule has 2 aromatic heterocycles. The maximum atomic E-state index is 5.14. The van der Waals surface area contributed by atoms with Crippen molar-refractivity contribution < 1.29 is 0 Å². The Kier molecular flexibility index (Phi) is 4.73. The summed E-state index contributed by atoms with van der Waals surface area (Å²) in [7, 11) is 0. The zero-order valence-corrected chi connectivity index (χ0v) is 19.1. The number of aromatic nitrogens is 2. The van der Waals surface area contributed by atoms with Crippen molar-refractivity contribution in [1.82, 2.24) is 14.5 Å². The highest BCUT2D eigenvalue weighted by Gasteiger charge is 2.44. The minimum atomic E-state index is 0.0365. The standard InChI is InChI=1S/C25H28N4S/c1-15-10-16(2)12-20(11-15)29-17(3)13-21(19(29)5)24-23(22-8-6-7-9-26-22)27-25-28(24)14-18(4)30-25/h6-13,18,23-24H,14H2,1-5H3/t18-,23+,24-/m0/s1. The largest absolute Gasteiger partial charge is 0.341 e. The molecule has 3 aromatic rings. The Morgan fingerprint density at radius 1 is 1.00 bits per heavy atom. The second-order valence-corrected chi connectivity index (χ2v) is 10.1. The molecule has 3 atom stereocenters. The van der Waals surface area contributed by atoms with Crippen molar-refractivity contribution in [3.05, 3.63) is 82.4 Å². The molecular formula is C25H28N4S. The van der Waals surface area contributed by atoms with Crippen molar-refractivity contribution in [2.75, 3.05) is 6.54 Å². The molecule has 4 nitrogen and oxygen atoms in total. The maximum absolute atomic E-state index is 5.14. The molecule has 2 aliphatic heterocycles. The predicted octanol–water partition coefficient (Wildman–Crippen LogP) is 5.70. The number of thioether (sulfide) groups is 1. The van der Waals surface area contributed by atoms with Gasteiger partial charge in [-0.2, -0.15) is 0 Å². The van der Waals surface area contributed by atoms with E-state index in [1.54, 1.807) is 0 Å². The highest BCUT2D eigenvalue weighted by molar-refractivity contribution is 8.14. The van der Waals surface area contributed by atoms with E-state index in [9.17, 15) is 0 Å². The van der Waals surface area contributed by atoms with Crippen molar-refractivity contribution in [3.63, 3.8) is 0 Å². The molecule has 5 heteroatoms. The number of aliphatic imine (C=N–C) groups is 1. The maximum Gasteiger partial charge on any atom is 0.160 e. The number of fused-ring (bicyclic) bond motifs is 1. The topological polar surface area (TPSA) is 33.4 Å². The number of aryl methyl sites for hydroxylation is 3. The Labute approximate surface area is 183 Å². The van der Waals surface area contributed by atoms with Gasteiger partial charge in [0.25, 0.3) is 0 Å². The van der Waals surface area contributed by atoms with Gasteiger partial charge in [-0.15, -0.1) is 0 Å². The third-order valence-electron chi connectivity index (χ3n) is 6.13. The van der Waals surface area contributed by atoms with Crippen LogP contribution in [0.15, 0.2) is 53.7 Å². The van der Waals surface area contributed by atoms with Gasteiger partial charge in [0.1, 0.15) is 6.04 Å². The lowest BCUT2D eigenvalue weighted by Gasteiger charge is -2.27. The van der Waals surface area contributed by atoms with Crippen LogP contribution in [-0.2, 0) is 0 Å². The number of benzene rings is 1. The molecule has 4 heterocycles. The van der Waals surface area contributed by atoms with Crippen LogP contribution >= 0.6 is 11.8 Å². The molecule has 0 spiro atoms. The molecule has 0 saturated carbocycles. The Balaban J connectivity index is 1.63. The van der Waals surface area contributed by atoms with Crippen LogP contribution in [0.4, 0.5) is 0 Å². The number of nitrogens with zero attached hydrogens (tertiary/aromatic N) is 4. The third-order valence-corrected chi connectivity index (χ3v) is 7.24. The van der Waals surface area contributed by atoms with Gasteiger partial charge in [0, 0.05) is 35.1 Å². The van der Waals surface area contributed by atoms with E-state index in [-0.39, 0.29) is 12.1 Å². The molecule has 5 rings (SSSR count). The zero-order chi connectivity index (χ0) is 21.0. The average Bonchev–Trinajstić information content (AvgIpc) is 3.31. The summed E-state index contributed by atoms with van der Waals surface area (Å²) in [6, 6.07) is 15.5. The predicted molar refractivity (Wildman–Crippen MR) is 126 cm³/mol. The van der Waals surface area contributed by atoms with Gasteiger partial charge in [-0.1, -0.05) is 30.8 Å². The number of hydrogen-bond donors (Lipinski definition) is 0. The second-order valence-electron chi connectivity index (χ2n) is 8.64. The summed E-state index contributed by atoms with van der Waals surface area (Å²) in [6.45, 7) is 12.1. The van der Waals surface area contributed by atoms with Crippen LogP contribution in [0.2, 0.25) is 0 Å². The summed E-state index contributed by atoms with van der Waals surface area (Å²) in [5.41, 5.74) is 8.80. The SMILES string of the molecule is Cc1cc(C)cc(-n2c(C)cc([C@H]3[C@@H](c4ccccn4)N=C4S[C@@H](C)CN43)c2C)c1. The molecule has 1 fully saturated rings. The van der Waals surface area contributed by atoms with Gasteiger partial charge in [-0.25, -0.2) is 0 Å². The molecule has 0 N–H and O–H groups in total. The van der Waals surface area contributed by atoms with Crippen LogP contribution in [-0.4, -0.2) is 31.4 Å². The fraction of sp³-hybridized carbons (Fsp3) is 0.360. The first-order valence-electron chi connectivity index (χ1n) is 10.6. The molecular weight excluding hydrogens is 388 g/mol. The van der Waals surface area contributed by atoms with E-state index in [1.807, 2.05) is 24.0 Å². The lowest BCUT2D eigenvalue weighted by Crippen LogP contribution is -2.28. The van der Waals surface area contributed by atoms with E-state index in [2.05, 4.69) is 85.5 Å². The molecule has 154 valence electrons. The Morgan fingerprint density at radius 3 is 2.47 bits per heavy atom. The number of amidine groups is 1. The van der Waals surface area contributed by atoms with Crippen molar-refractivity contribution in [3.8, 4) is 5.69 Å². The van der Waals surface area contributed by atoms with Crippen molar-refractivity contribution in [1.29, 1.82) is 0 Å². The van der Waals surface area contributed by atoms with Crippen molar-refractivity contribution in [2.45, 2.75) is 52.0 Å². The Morgan fingerprint density at radius 2 is 1.77 bits per heavy atom. The van der Waals surface area contributed by atoms with Gasteiger partial charge in [-0.05, 0) is 74.7 Å². The Hall–Kier alpha value is -2.53. The quantitative estimate of drug-likeness (QED) is 0.549. The highest BCUT2D eigenvalue weighted by Crippen LogP contribution is 2.48. The van der Waals surface area contributed by atoms with Gasteiger partial charge >= 0.3 is 0 Å². The zero-order valence-electron chi connectivity index (χ0n) is 18.3. The van der Waals surface area contributed by atoms with Crippen LogP contribution < -0.4 is 0 Å². The van der Waals surface area contributed by atoms with E-state index in [0.29, 0.717) is 5.25 Å². The first-order chi connectivity index (χ1) is 14.4. The van der Waals surface area contributed by atoms with Gasteiger partial charge in [-0.3, -0.25) is 9.98 Å². The van der Waals surface area contributed by atoms with Crippen LogP contribution in [0.3, 0.4) is 0 Å². The van der Waals surface area contributed by atoms with Crippen LogP contribution in [0, 0.1) is 27.7 Å². The minimum absolute atomic E-state index is 0.0365. The number of rotatable bonds is 3. The summed E-state index contributed by atoms with van der Waals surface area (Å²) in [5, 5.41) is 1.73. The monoisotopic (exact) mass is 416 g/mol. The van der Waals surface area contributed by atoms with Gasteiger partial charge in [0.05, 0.1) is 11.7 Å². The molecule has 0 amide bonds. The van der Waals surface area contributed by atoms with E-state index < -0.39 is 0 Å². The fourth-order valence-corrected chi connectivity index (χ4v) is 6.11. The summed E-state index contributed by atoms with van der Waals surface area (Å²) >= 11 is 1.89. The van der Waals surface area contributed by atoms with Gasteiger partial charge in [0.15, 0.2) is 5.17 Å². The molecule has 2 aliphatic rings. The average molecular weight is 417 g/mol. The lowest BCUT2D eigenvalue weighted by molar-refractivity contribution is 0.320. The second kappa shape index (κ2) is 7.31. The summed E-state index contributed by atoms with van der Waals surface area (Å²) in [5.74, 6) is 0. The molecule has 0 radical (unpaired) electrons. The molecule has 30 heavy (non-hydrogen) atoms. The van der Waals surface area contributed by atoms with E-state index in [4.69, 9.17) is 4.99 Å². The summed E-state index contributed by atoms with van der Waals surface area (Å²) in [6.07, 6.45) is 1.88. The van der Waals surface area contributed by atoms with E-state index >= 15 is 0 Å².